The van der Waals surface area contributed by atoms with E-state index in [1.165, 1.54) is 12.1 Å². The summed E-state index contributed by atoms with van der Waals surface area (Å²) in [4.78, 5) is 35.5. The lowest BCUT2D eigenvalue weighted by atomic mass is 9.95. The number of carbonyl (C=O) groups is 2. The van der Waals surface area contributed by atoms with E-state index in [0.29, 0.717) is 12.1 Å². The molecule has 0 saturated heterocycles. The number of aromatic carboxylic acids is 1. The summed E-state index contributed by atoms with van der Waals surface area (Å²) >= 11 is 0. The monoisotopic (exact) mass is 575 g/mol. The Morgan fingerprint density at radius 3 is 2.35 bits per heavy atom. The van der Waals surface area contributed by atoms with Gasteiger partial charge in [0.2, 0.25) is 0 Å². The molecule has 0 aliphatic heterocycles. The van der Waals surface area contributed by atoms with Gasteiger partial charge in [0.15, 0.2) is 0 Å². The predicted octanol–water partition coefficient (Wildman–Crippen LogP) is 7.63. The second-order valence-electron chi connectivity index (χ2n) is 10.8. The molecule has 0 saturated carbocycles. The number of benzene rings is 4. The van der Waals surface area contributed by atoms with Gasteiger partial charge in [-0.2, -0.15) is 0 Å². The molecule has 2 N–H and O–H groups in total. The van der Waals surface area contributed by atoms with Crippen molar-refractivity contribution < 1.29 is 19.6 Å². The number of aromatic nitrogens is 1. The molecule has 1 amide bonds. The van der Waals surface area contributed by atoms with E-state index in [9.17, 15) is 24.8 Å². The summed E-state index contributed by atoms with van der Waals surface area (Å²) in [6, 6.07) is 25.1. The Morgan fingerprint density at radius 2 is 1.67 bits per heavy atom. The molecule has 5 rings (SSSR count). The molecule has 0 bridgehead atoms. The van der Waals surface area contributed by atoms with Crippen molar-refractivity contribution in [3.63, 3.8) is 0 Å². The fraction of sp³-hybridized carbons (Fsp3) is 0.200. The maximum Gasteiger partial charge on any atom is 0.335 e. The van der Waals surface area contributed by atoms with Crippen molar-refractivity contribution in [1.29, 1.82) is 0 Å². The third-order valence-corrected chi connectivity index (χ3v) is 8.16. The zero-order valence-corrected chi connectivity index (χ0v) is 24.5. The second kappa shape index (κ2) is 11.9. The second-order valence-corrected chi connectivity index (χ2v) is 10.8. The van der Waals surface area contributed by atoms with Crippen LogP contribution in [0.5, 0.6) is 0 Å². The number of hydrogen-bond donors (Lipinski definition) is 2. The molecule has 0 spiro atoms. The van der Waals surface area contributed by atoms with Crippen LogP contribution in [0.4, 0.5) is 5.69 Å². The Kier molecular flexibility index (Phi) is 8.12. The van der Waals surface area contributed by atoms with Gasteiger partial charge >= 0.3 is 5.97 Å². The lowest BCUT2D eigenvalue weighted by Gasteiger charge is -2.15. The Labute approximate surface area is 249 Å². The van der Waals surface area contributed by atoms with Gasteiger partial charge in [-0.05, 0) is 90.9 Å². The fourth-order valence-electron chi connectivity index (χ4n) is 5.53. The lowest BCUT2D eigenvalue weighted by molar-refractivity contribution is -0.384. The number of nitrogens with one attached hydrogen (secondary N) is 1. The summed E-state index contributed by atoms with van der Waals surface area (Å²) in [5.41, 5.74) is 8.62. The summed E-state index contributed by atoms with van der Waals surface area (Å²) in [7, 11) is 0. The predicted molar refractivity (Wildman–Crippen MR) is 168 cm³/mol. The summed E-state index contributed by atoms with van der Waals surface area (Å²) in [6.45, 7) is 8.55. The maximum atomic E-state index is 13.2. The number of nitro groups is 1. The van der Waals surface area contributed by atoms with Gasteiger partial charge in [0.1, 0.15) is 0 Å². The SMILES string of the molecule is CCc1cc(C(=O)O)cc(-c2ccccc2Cn2c(C)c(C)c3cc(C(=O)NC(C)c4ccc([N+](=O)[O-])cc4)ccc32)c1. The van der Waals surface area contributed by atoms with Crippen molar-refractivity contribution in [2.75, 3.05) is 0 Å². The van der Waals surface area contributed by atoms with Gasteiger partial charge in [0.25, 0.3) is 11.6 Å². The average molecular weight is 576 g/mol. The van der Waals surface area contributed by atoms with Crippen LogP contribution in [0.2, 0.25) is 0 Å². The zero-order chi connectivity index (χ0) is 30.8. The minimum atomic E-state index is -0.945. The fourth-order valence-corrected chi connectivity index (χ4v) is 5.53. The van der Waals surface area contributed by atoms with Crippen molar-refractivity contribution in [3.8, 4) is 11.1 Å². The molecule has 0 aliphatic carbocycles. The van der Waals surface area contributed by atoms with E-state index in [2.05, 4.69) is 28.9 Å². The van der Waals surface area contributed by atoms with E-state index in [-0.39, 0.29) is 23.2 Å². The summed E-state index contributed by atoms with van der Waals surface area (Å²) in [5, 5.41) is 24.6. The first-order chi connectivity index (χ1) is 20.6. The Morgan fingerprint density at radius 1 is 0.953 bits per heavy atom. The first-order valence-electron chi connectivity index (χ1n) is 14.2. The van der Waals surface area contributed by atoms with Crippen LogP contribution in [-0.4, -0.2) is 26.5 Å². The van der Waals surface area contributed by atoms with E-state index < -0.39 is 10.9 Å². The van der Waals surface area contributed by atoms with Crippen LogP contribution in [0.15, 0.2) is 84.9 Å². The number of hydrogen-bond acceptors (Lipinski definition) is 4. The van der Waals surface area contributed by atoms with Gasteiger partial charge in [-0.3, -0.25) is 14.9 Å². The lowest BCUT2D eigenvalue weighted by Crippen LogP contribution is -2.26. The molecule has 1 heterocycles. The van der Waals surface area contributed by atoms with E-state index in [0.717, 1.165) is 56.4 Å². The number of aryl methyl sites for hydroxylation is 2. The minimum absolute atomic E-state index is 0.00481. The Hall–Kier alpha value is -5.24. The number of nitro benzene ring substituents is 1. The largest absolute Gasteiger partial charge is 0.478 e. The number of nitrogens with zero attached hydrogens (tertiary/aromatic N) is 2. The first kappa shape index (κ1) is 29.3. The number of carboxylic acid groups (broad SMARTS) is 1. The van der Waals surface area contributed by atoms with Gasteiger partial charge in [0, 0.05) is 40.8 Å². The van der Waals surface area contributed by atoms with Crippen molar-refractivity contribution in [2.24, 2.45) is 0 Å². The number of non-ortho nitro benzene ring substituents is 1. The third-order valence-electron chi connectivity index (χ3n) is 8.16. The molecule has 0 fully saturated rings. The van der Waals surface area contributed by atoms with Gasteiger partial charge in [-0.1, -0.05) is 49.4 Å². The molecular weight excluding hydrogens is 542 g/mol. The highest BCUT2D eigenvalue weighted by Crippen LogP contribution is 2.31. The van der Waals surface area contributed by atoms with Crippen LogP contribution in [0.1, 0.15) is 68.6 Å². The van der Waals surface area contributed by atoms with E-state index in [1.54, 1.807) is 24.3 Å². The molecule has 4 aromatic carbocycles. The highest BCUT2D eigenvalue weighted by Gasteiger charge is 2.18. The normalized spacial score (nSPS) is 11.8. The summed E-state index contributed by atoms with van der Waals surface area (Å²) in [6.07, 6.45) is 0.736. The molecule has 43 heavy (non-hydrogen) atoms. The molecule has 0 radical (unpaired) electrons. The van der Waals surface area contributed by atoms with Crippen molar-refractivity contribution in [2.45, 2.75) is 46.7 Å². The molecule has 1 atom stereocenters. The van der Waals surface area contributed by atoms with Gasteiger partial charge in [0.05, 0.1) is 16.5 Å². The topological polar surface area (TPSA) is 114 Å². The molecule has 1 aromatic heterocycles. The number of rotatable bonds is 9. The quantitative estimate of drug-likeness (QED) is 0.139. The van der Waals surface area contributed by atoms with E-state index >= 15 is 0 Å². The number of carboxylic acids is 1. The number of carbonyl (C=O) groups excluding carboxylic acids is 1. The number of amides is 1. The summed E-state index contributed by atoms with van der Waals surface area (Å²) < 4.78 is 2.23. The first-order valence-corrected chi connectivity index (χ1v) is 14.2. The Bertz CT molecular complexity index is 1870. The maximum absolute atomic E-state index is 13.2. The van der Waals surface area contributed by atoms with Crippen LogP contribution in [0.3, 0.4) is 0 Å². The number of fused-ring (bicyclic) bond motifs is 1. The van der Waals surface area contributed by atoms with Crippen molar-refractivity contribution >= 4 is 28.5 Å². The highest BCUT2D eigenvalue weighted by atomic mass is 16.6. The Balaban J connectivity index is 1.45. The van der Waals surface area contributed by atoms with Crippen LogP contribution >= 0.6 is 0 Å². The van der Waals surface area contributed by atoms with Crippen LogP contribution < -0.4 is 5.32 Å². The van der Waals surface area contributed by atoms with E-state index in [4.69, 9.17) is 0 Å². The van der Waals surface area contributed by atoms with Crippen LogP contribution in [0.25, 0.3) is 22.0 Å². The van der Waals surface area contributed by atoms with Crippen molar-refractivity contribution in [3.05, 3.63) is 134 Å². The van der Waals surface area contributed by atoms with Gasteiger partial charge in [-0.15, -0.1) is 0 Å². The molecular formula is C35H33N3O5. The standard InChI is InChI=1S/C35H33N3O5/c1-5-24-16-28(18-29(17-24)35(40)41)31-9-7-6-8-27(31)20-37-23(4)21(2)32-19-26(12-15-33(32)37)34(39)36-22(3)25-10-13-30(14-11-25)38(42)43/h6-19,22H,5,20H2,1-4H3,(H,36,39)(H,40,41). The van der Waals surface area contributed by atoms with Crippen LogP contribution in [-0.2, 0) is 13.0 Å². The van der Waals surface area contributed by atoms with Gasteiger partial charge < -0.3 is 15.0 Å². The molecule has 0 aliphatic rings. The molecule has 5 aromatic rings. The summed E-state index contributed by atoms with van der Waals surface area (Å²) in [5.74, 6) is -1.17. The average Bonchev–Trinajstić information content (AvgIpc) is 3.25. The molecule has 8 nitrogen and oxygen atoms in total. The highest BCUT2D eigenvalue weighted by molar-refractivity contribution is 5.99. The molecule has 1 unspecified atom stereocenters. The van der Waals surface area contributed by atoms with Crippen LogP contribution in [0, 0.1) is 24.0 Å². The minimum Gasteiger partial charge on any atom is -0.478 e. The zero-order valence-electron chi connectivity index (χ0n) is 24.5. The smallest absolute Gasteiger partial charge is 0.335 e. The molecule has 8 heteroatoms. The van der Waals surface area contributed by atoms with Crippen molar-refractivity contribution in [1.82, 2.24) is 9.88 Å². The molecule has 218 valence electrons. The van der Waals surface area contributed by atoms with E-state index in [1.807, 2.05) is 57.2 Å². The third kappa shape index (κ3) is 5.90. The van der Waals surface area contributed by atoms with Gasteiger partial charge in [-0.25, -0.2) is 4.79 Å².